The number of benzene rings is 2. The molecule has 1 aromatic heterocycles. The molecule has 2 aliphatic rings. The maximum absolute atomic E-state index is 13.7. The van der Waals surface area contributed by atoms with Crippen LogP contribution in [0, 0.1) is 0 Å². The zero-order valence-electron chi connectivity index (χ0n) is 18.8. The second-order valence-corrected chi connectivity index (χ2v) is 10.2. The van der Waals surface area contributed by atoms with E-state index in [2.05, 4.69) is 15.5 Å². The molecule has 33 heavy (non-hydrogen) atoms. The van der Waals surface area contributed by atoms with Crippen molar-refractivity contribution in [3.05, 3.63) is 64.2 Å². The fourth-order valence-electron chi connectivity index (χ4n) is 4.23. The molecule has 1 N–H and O–H groups in total. The second kappa shape index (κ2) is 7.84. The Morgan fingerprint density at radius 2 is 1.88 bits per heavy atom. The summed E-state index contributed by atoms with van der Waals surface area (Å²) in [6.07, 6.45) is 0. The van der Waals surface area contributed by atoms with Gasteiger partial charge in [0.05, 0.1) is 12.0 Å². The molecule has 2 amide bonds. The molecule has 0 bridgehead atoms. The number of rotatable bonds is 3. The average molecular weight is 465 g/mol. The van der Waals surface area contributed by atoms with E-state index in [1.165, 1.54) is 11.3 Å². The highest BCUT2D eigenvalue weighted by molar-refractivity contribution is 7.15. The summed E-state index contributed by atoms with van der Waals surface area (Å²) in [4.78, 5) is 28.5. The van der Waals surface area contributed by atoms with Crippen LogP contribution in [0.3, 0.4) is 0 Å². The molecule has 2 unspecified atom stereocenters. The van der Waals surface area contributed by atoms with E-state index in [9.17, 15) is 9.59 Å². The van der Waals surface area contributed by atoms with Gasteiger partial charge in [0.1, 0.15) is 5.01 Å². The molecule has 0 aliphatic carbocycles. The standard InChI is InChI=1S/C24H24N4O4S/c1-24(2,3)22-26-27-23(33-22)25-20(29)18-14-7-5-6-8-15(14)21(30)28(4)19(18)13-9-10-16-17(11-13)32-12-31-16/h5-11,18-19H,12H2,1-4H3,(H,25,27,29). The van der Waals surface area contributed by atoms with Crippen molar-refractivity contribution < 1.29 is 19.1 Å². The summed E-state index contributed by atoms with van der Waals surface area (Å²) >= 11 is 1.36. The third kappa shape index (κ3) is 3.72. The molecule has 170 valence electrons. The highest BCUT2D eigenvalue weighted by Crippen LogP contribution is 2.45. The highest BCUT2D eigenvalue weighted by atomic mass is 32.1. The van der Waals surface area contributed by atoms with E-state index in [1.54, 1.807) is 24.1 Å². The summed E-state index contributed by atoms with van der Waals surface area (Å²) in [6, 6.07) is 12.2. The topological polar surface area (TPSA) is 93.7 Å². The number of hydrogen-bond donors (Lipinski definition) is 1. The Bertz CT molecular complexity index is 1250. The summed E-state index contributed by atoms with van der Waals surface area (Å²) in [7, 11) is 1.72. The van der Waals surface area contributed by atoms with Crippen molar-refractivity contribution in [2.24, 2.45) is 0 Å². The van der Waals surface area contributed by atoms with Gasteiger partial charge in [0.25, 0.3) is 5.91 Å². The predicted octanol–water partition coefficient (Wildman–Crippen LogP) is 4.11. The largest absolute Gasteiger partial charge is 0.454 e. The number of nitrogens with one attached hydrogen (secondary N) is 1. The average Bonchev–Trinajstić information content (AvgIpc) is 3.44. The number of carbonyl (C=O) groups is 2. The molecule has 0 radical (unpaired) electrons. The van der Waals surface area contributed by atoms with Crippen LogP contribution in [0.5, 0.6) is 11.5 Å². The first-order valence-electron chi connectivity index (χ1n) is 10.6. The minimum Gasteiger partial charge on any atom is -0.454 e. The van der Waals surface area contributed by atoms with Crippen molar-refractivity contribution >= 4 is 28.3 Å². The molecule has 8 nitrogen and oxygen atoms in total. The molecular weight excluding hydrogens is 440 g/mol. The van der Waals surface area contributed by atoms with E-state index < -0.39 is 12.0 Å². The molecule has 0 saturated heterocycles. The van der Waals surface area contributed by atoms with E-state index in [4.69, 9.17) is 9.47 Å². The molecule has 0 spiro atoms. The van der Waals surface area contributed by atoms with Crippen molar-refractivity contribution in [1.29, 1.82) is 0 Å². The van der Waals surface area contributed by atoms with E-state index in [-0.39, 0.29) is 24.0 Å². The first-order valence-corrected chi connectivity index (χ1v) is 11.5. The molecule has 2 aromatic carbocycles. The van der Waals surface area contributed by atoms with Crippen LogP contribution in [0.2, 0.25) is 0 Å². The molecule has 2 atom stereocenters. The van der Waals surface area contributed by atoms with E-state index in [1.807, 2.05) is 51.1 Å². The van der Waals surface area contributed by atoms with Crippen LogP contribution >= 0.6 is 11.3 Å². The lowest BCUT2D eigenvalue weighted by Gasteiger charge is -2.39. The van der Waals surface area contributed by atoms with E-state index in [0.29, 0.717) is 27.8 Å². The number of hydrogen-bond acceptors (Lipinski definition) is 7. The van der Waals surface area contributed by atoms with Crippen LogP contribution < -0.4 is 14.8 Å². The lowest BCUT2D eigenvalue weighted by Crippen LogP contribution is -2.44. The molecule has 9 heteroatoms. The third-order valence-corrected chi connectivity index (χ3v) is 7.16. The molecule has 3 aromatic rings. The minimum absolute atomic E-state index is 0.136. The number of ether oxygens (including phenoxy) is 2. The molecule has 5 rings (SSSR count). The first kappa shape index (κ1) is 21.4. The maximum atomic E-state index is 13.7. The fourth-order valence-corrected chi connectivity index (χ4v) is 5.03. The zero-order chi connectivity index (χ0) is 23.3. The monoisotopic (exact) mass is 464 g/mol. The van der Waals surface area contributed by atoms with Gasteiger partial charge in [-0.2, -0.15) is 0 Å². The van der Waals surface area contributed by atoms with Gasteiger partial charge < -0.3 is 14.4 Å². The molecular formula is C24H24N4O4S. The molecule has 2 aliphatic heterocycles. The van der Waals surface area contributed by atoms with Gasteiger partial charge in [0.2, 0.25) is 17.8 Å². The van der Waals surface area contributed by atoms with Crippen molar-refractivity contribution in [1.82, 2.24) is 15.1 Å². The number of aromatic nitrogens is 2. The lowest BCUT2D eigenvalue weighted by atomic mass is 9.79. The van der Waals surface area contributed by atoms with Gasteiger partial charge in [-0.05, 0) is 29.3 Å². The van der Waals surface area contributed by atoms with Gasteiger partial charge >= 0.3 is 0 Å². The molecule has 0 saturated carbocycles. The van der Waals surface area contributed by atoms with Gasteiger partial charge in [-0.3, -0.25) is 14.9 Å². The zero-order valence-corrected chi connectivity index (χ0v) is 19.6. The minimum atomic E-state index is -0.647. The van der Waals surface area contributed by atoms with Crippen molar-refractivity contribution in [3.63, 3.8) is 0 Å². The summed E-state index contributed by atoms with van der Waals surface area (Å²) < 4.78 is 11.0. The van der Waals surface area contributed by atoms with Crippen LogP contribution in [-0.4, -0.2) is 40.8 Å². The fraction of sp³-hybridized carbons (Fsp3) is 0.333. The van der Waals surface area contributed by atoms with Gasteiger partial charge in [-0.25, -0.2) is 0 Å². The van der Waals surface area contributed by atoms with Crippen LogP contribution in [0.4, 0.5) is 5.13 Å². The number of nitrogens with zero attached hydrogens (tertiary/aromatic N) is 3. The smallest absolute Gasteiger partial charge is 0.254 e. The number of carbonyl (C=O) groups excluding carboxylic acids is 2. The Morgan fingerprint density at radius 3 is 2.64 bits per heavy atom. The number of likely N-dealkylation sites (N-methyl/N-ethyl adjacent to an activating group) is 1. The summed E-state index contributed by atoms with van der Waals surface area (Å²) in [5, 5.41) is 12.6. The van der Waals surface area contributed by atoms with Gasteiger partial charge in [-0.1, -0.05) is 56.4 Å². The number of amides is 2. The maximum Gasteiger partial charge on any atom is 0.254 e. The van der Waals surface area contributed by atoms with E-state index >= 15 is 0 Å². The summed E-state index contributed by atoms with van der Waals surface area (Å²) in [5.74, 6) is 0.217. The second-order valence-electron chi connectivity index (χ2n) is 9.19. The van der Waals surface area contributed by atoms with Gasteiger partial charge in [-0.15, -0.1) is 10.2 Å². The Hall–Kier alpha value is -3.46. The number of fused-ring (bicyclic) bond motifs is 2. The van der Waals surface area contributed by atoms with Crippen LogP contribution in [0.1, 0.15) is 59.2 Å². The van der Waals surface area contributed by atoms with Crippen LogP contribution in [-0.2, 0) is 10.2 Å². The number of anilines is 1. The molecule has 0 fully saturated rings. The van der Waals surface area contributed by atoms with E-state index in [0.717, 1.165) is 10.6 Å². The first-order chi connectivity index (χ1) is 15.7. The normalized spacial score (nSPS) is 19.4. The Kier molecular flexibility index (Phi) is 5.08. The highest BCUT2D eigenvalue weighted by Gasteiger charge is 2.43. The van der Waals surface area contributed by atoms with Crippen LogP contribution in [0.15, 0.2) is 42.5 Å². The quantitative estimate of drug-likeness (QED) is 0.627. The summed E-state index contributed by atoms with van der Waals surface area (Å²) in [6.45, 7) is 6.30. The van der Waals surface area contributed by atoms with Gasteiger partial charge in [0.15, 0.2) is 11.5 Å². The SMILES string of the molecule is CN1C(=O)c2ccccc2C(C(=O)Nc2nnc(C(C)(C)C)s2)C1c1ccc2c(c1)OCO2. The lowest BCUT2D eigenvalue weighted by molar-refractivity contribution is -0.119. The Balaban J connectivity index is 1.56. The van der Waals surface area contributed by atoms with Crippen molar-refractivity contribution in [2.75, 3.05) is 19.2 Å². The van der Waals surface area contributed by atoms with Crippen LogP contribution in [0.25, 0.3) is 0 Å². The summed E-state index contributed by atoms with van der Waals surface area (Å²) in [5.41, 5.74) is 1.82. The van der Waals surface area contributed by atoms with Crippen molar-refractivity contribution in [2.45, 2.75) is 38.1 Å². The van der Waals surface area contributed by atoms with Gasteiger partial charge in [0, 0.05) is 18.0 Å². The predicted molar refractivity (Wildman–Crippen MR) is 124 cm³/mol. The third-order valence-electron chi connectivity index (χ3n) is 5.90. The Labute approximate surface area is 195 Å². The molecule has 3 heterocycles. The Morgan fingerprint density at radius 1 is 1.12 bits per heavy atom. The van der Waals surface area contributed by atoms with Crippen molar-refractivity contribution in [3.8, 4) is 11.5 Å².